The molecular formula is C27H27FN4O2. The number of nitrogens with one attached hydrogen (secondary N) is 1. The van der Waals surface area contributed by atoms with E-state index in [-0.39, 0.29) is 17.4 Å². The minimum Gasteiger partial charge on any atom is -0.495 e. The Hall–Kier alpha value is -3.74. The molecule has 1 amide bonds. The summed E-state index contributed by atoms with van der Waals surface area (Å²) in [5.74, 6) is 0.783. The molecular weight excluding hydrogens is 431 g/mol. The Balaban J connectivity index is 1.43. The van der Waals surface area contributed by atoms with Crippen molar-refractivity contribution in [1.29, 1.82) is 0 Å². The number of aromatic nitrogens is 3. The zero-order chi connectivity index (χ0) is 23.7. The number of fused-ring (bicyclic) bond motifs is 1. The molecule has 7 heteroatoms. The zero-order valence-electron chi connectivity index (χ0n) is 19.3. The summed E-state index contributed by atoms with van der Waals surface area (Å²) in [6.07, 6.45) is 7.99. The van der Waals surface area contributed by atoms with Crippen LogP contribution >= 0.6 is 0 Å². The van der Waals surface area contributed by atoms with Crippen LogP contribution in [0.5, 0.6) is 5.75 Å². The first-order valence-corrected chi connectivity index (χ1v) is 11.5. The Bertz CT molecular complexity index is 1330. The van der Waals surface area contributed by atoms with Gasteiger partial charge in [0.15, 0.2) is 5.69 Å². The topological polar surface area (TPSA) is 71.1 Å². The van der Waals surface area contributed by atoms with Crippen molar-refractivity contribution < 1.29 is 13.9 Å². The van der Waals surface area contributed by atoms with Crippen molar-refractivity contribution >= 4 is 16.8 Å². The Morgan fingerprint density at radius 2 is 2.03 bits per heavy atom. The highest BCUT2D eigenvalue weighted by molar-refractivity contribution is 5.98. The molecule has 5 rings (SSSR count). The number of aromatic amines is 1. The Kier molecular flexibility index (Phi) is 6.01. The highest BCUT2D eigenvalue weighted by Crippen LogP contribution is 2.32. The summed E-state index contributed by atoms with van der Waals surface area (Å²) in [6.45, 7) is 3.06. The van der Waals surface area contributed by atoms with Crippen LogP contribution < -0.4 is 4.74 Å². The van der Waals surface area contributed by atoms with E-state index in [1.165, 1.54) is 24.5 Å². The van der Waals surface area contributed by atoms with E-state index in [2.05, 4.69) is 21.0 Å². The molecule has 6 nitrogen and oxygen atoms in total. The van der Waals surface area contributed by atoms with Gasteiger partial charge in [0.25, 0.3) is 5.91 Å². The number of amides is 1. The number of methoxy groups -OCH3 is 1. The van der Waals surface area contributed by atoms with Gasteiger partial charge in [-0.3, -0.25) is 9.78 Å². The van der Waals surface area contributed by atoms with E-state index >= 15 is 0 Å². The number of benzene rings is 2. The van der Waals surface area contributed by atoms with Gasteiger partial charge in [-0.2, -0.15) is 0 Å². The minimum atomic E-state index is -0.358. The number of carbonyl (C=O) groups excluding carboxylic acids is 1. The van der Waals surface area contributed by atoms with Gasteiger partial charge >= 0.3 is 0 Å². The van der Waals surface area contributed by atoms with Crippen LogP contribution in [0.25, 0.3) is 22.2 Å². The van der Waals surface area contributed by atoms with Gasteiger partial charge in [-0.25, -0.2) is 9.37 Å². The van der Waals surface area contributed by atoms with Gasteiger partial charge in [0.1, 0.15) is 17.3 Å². The molecule has 1 N–H and O–H groups in total. The molecule has 2 aromatic carbocycles. The van der Waals surface area contributed by atoms with Crippen molar-refractivity contribution in [3.05, 3.63) is 77.6 Å². The average Bonchev–Trinajstić information content (AvgIpc) is 3.57. The van der Waals surface area contributed by atoms with Gasteiger partial charge in [0, 0.05) is 42.6 Å². The number of hydrogen-bond acceptors (Lipinski definition) is 4. The number of para-hydroxylation sites is 1. The first-order valence-electron chi connectivity index (χ1n) is 11.5. The lowest BCUT2D eigenvalue weighted by Gasteiger charge is -2.23. The number of ether oxygens (including phenoxy) is 1. The van der Waals surface area contributed by atoms with E-state index in [9.17, 15) is 9.18 Å². The zero-order valence-corrected chi connectivity index (χ0v) is 19.3. The molecule has 4 aromatic rings. The molecule has 1 aliphatic carbocycles. The molecule has 2 aromatic heterocycles. The molecule has 1 saturated carbocycles. The number of H-pyrrole nitrogens is 1. The molecule has 34 heavy (non-hydrogen) atoms. The number of aryl methyl sites for hydroxylation is 1. The fourth-order valence-electron chi connectivity index (χ4n) is 4.43. The van der Waals surface area contributed by atoms with Crippen molar-refractivity contribution in [2.24, 2.45) is 5.92 Å². The summed E-state index contributed by atoms with van der Waals surface area (Å²) in [7, 11) is 1.66. The van der Waals surface area contributed by atoms with Crippen LogP contribution in [0.2, 0.25) is 0 Å². The third kappa shape index (κ3) is 4.51. The second kappa shape index (κ2) is 9.25. The van der Waals surface area contributed by atoms with E-state index in [1.54, 1.807) is 7.11 Å². The second-order valence-electron chi connectivity index (χ2n) is 8.91. The van der Waals surface area contributed by atoms with Crippen LogP contribution in [0.4, 0.5) is 4.39 Å². The predicted molar refractivity (Wildman–Crippen MR) is 129 cm³/mol. The van der Waals surface area contributed by atoms with Crippen molar-refractivity contribution in [2.45, 2.75) is 26.2 Å². The van der Waals surface area contributed by atoms with Crippen LogP contribution in [0.1, 0.15) is 34.5 Å². The van der Waals surface area contributed by atoms with Crippen LogP contribution in [-0.2, 0) is 6.42 Å². The van der Waals surface area contributed by atoms with Crippen LogP contribution in [-0.4, -0.2) is 46.0 Å². The van der Waals surface area contributed by atoms with E-state index in [0.717, 1.165) is 40.6 Å². The first-order chi connectivity index (χ1) is 16.5. The lowest BCUT2D eigenvalue weighted by atomic mass is 10.1. The molecule has 2 heterocycles. The van der Waals surface area contributed by atoms with Gasteiger partial charge in [-0.1, -0.05) is 12.1 Å². The highest BCUT2D eigenvalue weighted by atomic mass is 19.1. The monoisotopic (exact) mass is 458 g/mol. The van der Waals surface area contributed by atoms with Gasteiger partial charge in [0.2, 0.25) is 0 Å². The third-order valence-corrected chi connectivity index (χ3v) is 6.31. The van der Waals surface area contributed by atoms with Gasteiger partial charge in [0.05, 0.1) is 12.6 Å². The molecule has 1 fully saturated rings. The highest BCUT2D eigenvalue weighted by Gasteiger charge is 2.29. The molecule has 1 aliphatic rings. The number of hydrogen-bond donors (Lipinski definition) is 1. The Labute approximate surface area is 197 Å². The van der Waals surface area contributed by atoms with E-state index in [0.29, 0.717) is 36.7 Å². The molecule has 0 spiro atoms. The summed E-state index contributed by atoms with van der Waals surface area (Å²) < 4.78 is 19.5. The molecule has 0 saturated heterocycles. The summed E-state index contributed by atoms with van der Waals surface area (Å²) in [5, 5.41) is 1.09. The molecule has 0 bridgehead atoms. The summed E-state index contributed by atoms with van der Waals surface area (Å²) in [4.78, 5) is 27.7. The quantitative estimate of drug-likeness (QED) is 0.395. The summed E-state index contributed by atoms with van der Waals surface area (Å²) in [5.41, 5.74) is 4.08. The van der Waals surface area contributed by atoms with Crippen molar-refractivity contribution in [2.75, 3.05) is 20.2 Å². The third-order valence-electron chi connectivity index (χ3n) is 6.31. The molecule has 0 radical (unpaired) electrons. The van der Waals surface area contributed by atoms with Crippen LogP contribution in [0.3, 0.4) is 0 Å². The van der Waals surface area contributed by atoms with Crippen LogP contribution in [0, 0.1) is 18.7 Å². The average molecular weight is 459 g/mol. The van der Waals surface area contributed by atoms with E-state index in [1.807, 2.05) is 36.2 Å². The number of rotatable bonds is 8. The SMILES string of the molecule is COc1cccc2c(CCN(CC3CC3)C(=O)c3nccnc3-c3cc(C)cc(F)c3)c[nH]c12. The standard InChI is InChI=1S/C27H27FN4O2/c1-17-12-20(14-21(28)13-17)24-26(30-10-9-29-24)27(33)32(16-18-6-7-18)11-8-19-15-31-25-22(19)4-3-5-23(25)34-2/h3-5,9-10,12-15,18,31H,6-8,11,16H2,1-2H3. The molecule has 0 unspecified atom stereocenters. The van der Waals surface area contributed by atoms with E-state index in [4.69, 9.17) is 4.74 Å². The maximum absolute atomic E-state index is 14.1. The lowest BCUT2D eigenvalue weighted by Crippen LogP contribution is -2.35. The largest absolute Gasteiger partial charge is 0.495 e. The summed E-state index contributed by atoms with van der Waals surface area (Å²) in [6, 6.07) is 10.6. The normalized spacial score (nSPS) is 13.3. The number of nitrogens with zero attached hydrogens (tertiary/aromatic N) is 3. The van der Waals surface area contributed by atoms with Gasteiger partial charge in [-0.05, 0) is 67.5 Å². The predicted octanol–water partition coefficient (Wildman–Crippen LogP) is 5.18. The van der Waals surface area contributed by atoms with Gasteiger partial charge in [-0.15, -0.1) is 0 Å². The summed E-state index contributed by atoms with van der Waals surface area (Å²) >= 11 is 0. The first kappa shape index (κ1) is 22.1. The lowest BCUT2D eigenvalue weighted by molar-refractivity contribution is 0.0744. The second-order valence-corrected chi connectivity index (χ2v) is 8.91. The number of carbonyl (C=O) groups is 1. The fraction of sp³-hybridized carbons (Fsp3) is 0.296. The maximum Gasteiger partial charge on any atom is 0.274 e. The molecule has 0 atom stereocenters. The minimum absolute atomic E-state index is 0.172. The molecule has 0 aliphatic heterocycles. The van der Waals surface area contributed by atoms with E-state index < -0.39 is 0 Å². The van der Waals surface area contributed by atoms with Crippen molar-refractivity contribution in [3.63, 3.8) is 0 Å². The fourth-order valence-corrected chi connectivity index (χ4v) is 4.43. The Morgan fingerprint density at radius 1 is 1.21 bits per heavy atom. The van der Waals surface area contributed by atoms with Crippen molar-refractivity contribution in [1.82, 2.24) is 19.9 Å². The van der Waals surface area contributed by atoms with Gasteiger partial charge < -0.3 is 14.6 Å². The van der Waals surface area contributed by atoms with Crippen molar-refractivity contribution in [3.8, 4) is 17.0 Å². The Morgan fingerprint density at radius 3 is 2.79 bits per heavy atom. The maximum atomic E-state index is 14.1. The number of halogens is 1. The smallest absolute Gasteiger partial charge is 0.274 e. The molecule has 174 valence electrons. The van der Waals surface area contributed by atoms with Crippen LogP contribution in [0.15, 0.2) is 55.0 Å².